The molecule has 1 aromatic carbocycles. The first-order chi connectivity index (χ1) is 13.2. The molecule has 0 aliphatic rings. The number of hydrogen-bond acceptors (Lipinski definition) is 4. The van der Waals surface area contributed by atoms with E-state index in [1.165, 1.54) is 42.5 Å². The molecular formula is C20H22F3NO4. The van der Waals surface area contributed by atoms with Gasteiger partial charge in [0, 0.05) is 30.0 Å². The van der Waals surface area contributed by atoms with Crippen molar-refractivity contribution in [3.63, 3.8) is 0 Å². The van der Waals surface area contributed by atoms with Crippen molar-refractivity contribution in [2.75, 3.05) is 7.11 Å². The van der Waals surface area contributed by atoms with Gasteiger partial charge in [-0.3, -0.25) is 4.79 Å². The molecular weight excluding hydrogens is 375 g/mol. The molecule has 1 heterocycles. The van der Waals surface area contributed by atoms with Crippen LogP contribution >= 0.6 is 0 Å². The van der Waals surface area contributed by atoms with Gasteiger partial charge in [0.1, 0.15) is 6.10 Å². The van der Waals surface area contributed by atoms with Gasteiger partial charge < -0.3 is 14.5 Å². The van der Waals surface area contributed by atoms with Gasteiger partial charge in [-0.15, -0.1) is 0 Å². The number of aromatic amines is 1. The average molecular weight is 397 g/mol. The number of benzene rings is 1. The fourth-order valence-corrected chi connectivity index (χ4v) is 3.08. The predicted octanol–water partition coefficient (Wildman–Crippen LogP) is 4.17. The van der Waals surface area contributed by atoms with Crippen LogP contribution in [0, 0.1) is 6.92 Å². The summed E-state index contributed by atoms with van der Waals surface area (Å²) in [5, 5.41) is 0. The van der Waals surface area contributed by atoms with Crippen LogP contribution in [-0.2, 0) is 19.9 Å². The Morgan fingerprint density at radius 3 is 2.29 bits per heavy atom. The van der Waals surface area contributed by atoms with Crippen molar-refractivity contribution >= 4 is 5.97 Å². The molecule has 0 saturated carbocycles. The van der Waals surface area contributed by atoms with E-state index in [1.54, 1.807) is 6.92 Å². The van der Waals surface area contributed by atoms with E-state index in [0.717, 1.165) is 7.11 Å². The van der Waals surface area contributed by atoms with E-state index in [4.69, 9.17) is 9.47 Å². The highest BCUT2D eigenvalue weighted by molar-refractivity contribution is 5.83. The molecule has 8 heteroatoms. The topological polar surface area (TPSA) is 68.4 Å². The SMILES string of the molecule is CCC[C@H](OC(=O)[C@](OC)(c1ccccc1)C(F)(F)F)c1ccc(=O)[nH]c1C. The maximum Gasteiger partial charge on any atom is 0.432 e. The third kappa shape index (κ3) is 4.11. The van der Waals surface area contributed by atoms with E-state index in [9.17, 15) is 22.8 Å². The van der Waals surface area contributed by atoms with E-state index in [-0.39, 0.29) is 17.5 Å². The number of rotatable bonds is 7. The third-order valence-corrected chi connectivity index (χ3v) is 4.48. The van der Waals surface area contributed by atoms with Crippen LogP contribution in [0.2, 0.25) is 0 Å². The monoisotopic (exact) mass is 397 g/mol. The number of halogens is 3. The lowest BCUT2D eigenvalue weighted by molar-refractivity contribution is -0.278. The maximum absolute atomic E-state index is 14.0. The van der Waals surface area contributed by atoms with Gasteiger partial charge in [0.15, 0.2) is 0 Å². The van der Waals surface area contributed by atoms with E-state index >= 15 is 0 Å². The number of aryl methyl sites for hydroxylation is 1. The Bertz CT molecular complexity index is 864. The Morgan fingerprint density at radius 1 is 1.14 bits per heavy atom. The molecule has 0 spiro atoms. The number of ether oxygens (including phenoxy) is 2. The smallest absolute Gasteiger partial charge is 0.432 e. The van der Waals surface area contributed by atoms with E-state index in [1.807, 2.05) is 6.92 Å². The van der Waals surface area contributed by atoms with Crippen molar-refractivity contribution in [1.82, 2.24) is 4.98 Å². The number of methoxy groups -OCH3 is 1. The Morgan fingerprint density at radius 2 is 1.79 bits per heavy atom. The van der Waals surface area contributed by atoms with Gasteiger partial charge in [0.05, 0.1) is 0 Å². The molecule has 2 aromatic rings. The molecule has 0 fully saturated rings. The Balaban J connectivity index is 2.50. The number of carbonyl (C=O) groups excluding carboxylic acids is 1. The number of alkyl halides is 3. The van der Waals surface area contributed by atoms with Gasteiger partial charge in [-0.1, -0.05) is 43.7 Å². The molecule has 0 unspecified atom stereocenters. The zero-order chi connectivity index (χ0) is 20.9. The highest BCUT2D eigenvalue weighted by atomic mass is 19.4. The second kappa shape index (κ2) is 8.60. The number of hydrogen-bond donors (Lipinski definition) is 1. The molecule has 152 valence electrons. The van der Waals surface area contributed by atoms with Crippen LogP contribution in [0.1, 0.15) is 42.7 Å². The average Bonchev–Trinajstić information content (AvgIpc) is 2.62. The molecule has 5 nitrogen and oxygen atoms in total. The molecule has 0 aliphatic carbocycles. The normalized spacial score (nSPS) is 14.9. The lowest BCUT2D eigenvalue weighted by atomic mass is 9.92. The van der Waals surface area contributed by atoms with Crippen molar-refractivity contribution in [3.05, 3.63) is 69.6 Å². The van der Waals surface area contributed by atoms with Gasteiger partial charge in [-0.25, -0.2) is 4.79 Å². The first-order valence-electron chi connectivity index (χ1n) is 8.75. The van der Waals surface area contributed by atoms with E-state index < -0.39 is 23.9 Å². The Labute approximate surface area is 160 Å². The summed E-state index contributed by atoms with van der Waals surface area (Å²) in [6.45, 7) is 3.41. The van der Waals surface area contributed by atoms with Gasteiger partial charge in [0.25, 0.3) is 5.60 Å². The second-order valence-electron chi connectivity index (χ2n) is 6.33. The van der Waals surface area contributed by atoms with Crippen LogP contribution in [-0.4, -0.2) is 24.2 Å². The number of nitrogens with one attached hydrogen (secondary N) is 1. The Hall–Kier alpha value is -2.61. The van der Waals surface area contributed by atoms with Crippen LogP contribution in [0.4, 0.5) is 13.2 Å². The fourth-order valence-electron chi connectivity index (χ4n) is 3.08. The first-order valence-corrected chi connectivity index (χ1v) is 8.75. The number of esters is 1. The molecule has 1 aromatic heterocycles. The van der Waals surface area contributed by atoms with Gasteiger partial charge in [-0.2, -0.15) is 13.2 Å². The standard InChI is InChI=1S/C20H22F3NO4/c1-4-8-16(15-11-12-17(25)24-13(15)2)28-18(26)19(27-3,20(21,22)23)14-9-6-5-7-10-14/h5-7,9-12,16H,4,8H2,1-3H3,(H,24,25)/t16-,19+/m0/s1. The lowest BCUT2D eigenvalue weighted by Crippen LogP contribution is -2.52. The molecule has 0 aliphatic heterocycles. The molecule has 28 heavy (non-hydrogen) atoms. The molecule has 1 N–H and O–H groups in total. The molecule has 0 bridgehead atoms. The van der Waals surface area contributed by atoms with Crippen molar-refractivity contribution in [1.29, 1.82) is 0 Å². The van der Waals surface area contributed by atoms with Crippen LogP contribution in [0.3, 0.4) is 0 Å². The van der Waals surface area contributed by atoms with Crippen LogP contribution in [0.5, 0.6) is 0 Å². The fraction of sp³-hybridized carbons (Fsp3) is 0.400. The molecule has 2 atom stereocenters. The minimum absolute atomic E-state index is 0.283. The highest BCUT2D eigenvalue weighted by Gasteiger charge is 2.64. The third-order valence-electron chi connectivity index (χ3n) is 4.48. The largest absolute Gasteiger partial charge is 0.455 e. The molecule has 2 rings (SSSR count). The molecule has 0 saturated heterocycles. The summed E-state index contributed by atoms with van der Waals surface area (Å²) in [6.07, 6.45) is -5.18. The summed E-state index contributed by atoms with van der Waals surface area (Å²) >= 11 is 0. The van der Waals surface area contributed by atoms with Crippen molar-refractivity contribution in [3.8, 4) is 0 Å². The van der Waals surface area contributed by atoms with Gasteiger partial charge >= 0.3 is 12.1 Å². The Kier molecular flexibility index (Phi) is 6.66. The van der Waals surface area contributed by atoms with Crippen LogP contribution in [0.25, 0.3) is 0 Å². The first kappa shape index (κ1) is 21.7. The van der Waals surface area contributed by atoms with Crippen molar-refractivity contribution in [2.24, 2.45) is 0 Å². The van der Waals surface area contributed by atoms with Gasteiger partial charge in [-0.05, 0) is 19.4 Å². The number of pyridine rings is 1. The zero-order valence-corrected chi connectivity index (χ0v) is 15.8. The second-order valence-corrected chi connectivity index (χ2v) is 6.33. The maximum atomic E-state index is 14.0. The quantitative estimate of drug-likeness (QED) is 0.712. The van der Waals surface area contributed by atoms with Crippen molar-refractivity contribution < 1.29 is 27.4 Å². The van der Waals surface area contributed by atoms with E-state index in [2.05, 4.69) is 4.98 Å². The summed E-state index contributed by atoms with van der Waals surface area (Å²) < 4.78 is 52.1. The summed E-state index contributed by atoms with van der Waals surface area (Å²) in [6, 6.07) is 9.33. The summed E-state index contributed by atoms with van der Waals surface area (Å²) in [5.74, 6) is -1.56. The molecule has 0 amide bonds. The minimum Gasteiger partial charge on any atom is -0.455 e. The van der Waals surface area contributed by atoms with Crippen LogP contribution in [0.15, 0.2) is 47.3 Å². The highest BCUT2D eigenvalue weighted by Crippen LogP contribution is 2.44. The summed E-state index contributed by atoms with van der Waals surface area (Å²) in [5.41, 5.74) is -3.11. The predicted molar refractivity (Wildman–Crippen MR) is 96.7 cm³/mol. The van der Waals surface area contributed by atoms with Crippen LogP contribution < -0.4 is 5.56 Å². The summed E-state index contributed by atoms with van der Waals surface area (Å²) in [4.78, 5) is 26.8. The molecule has 0 radical (unpaired) electrons. The minimum atomic E-state index is -5.04. The van der Waals surface area contributed by atoms with Crippen molar-refractivity contribution in [2.45, 2.75) is 44.6 Å². The lowest BCUT2D eigenvalue weighted by Gasteiger charge is -2.34. The zero-order valence-electron chi connectivity index (χ0n) is 15.8. The number of carbonyl (C=O) groups is 1. The number of H-pyrrole nitrogens is 1. The summed E-state index contributed by atoms with van der Waals surface area (Å²) in [7, 11) is 0.821. The van der Waals surface area contributed by atoms with E-state index in [0.29, 0.717) is 17.7 Å². The number of aromatic nitrogens is 1. The van der Waals surface area contributed by atoms with Gasteiger partial charge in [0.2, 0.25) is 5.56 Å².